The van der Waals surface area contributed by atoms with Gasteiger partial charge in [-0.15, -0.1) is 5.01 Å². The van der Waals surface area contributed by atoms with E-state index in [2.05, 4.69) is 15.0 Å². The number of aryl methyl sites for hydroxylation is 1. The van der Waals surface area contributed by atoms with E-state index in [0.717, 1.165) is 59.5 Å². The first-order chi connectivity index (χ1) is 17.4. The first kappa shape index (κ1) is 25.8. The Morgan fingerprint density at radius 2 is 2.00 bits per heavy atom. The van der Waals surface area contributed by atoms with Crippen molar-refractivity contribution in [2.45, 2.75) is 38.9 Å². The lowest BCUT2D eigenvalue weighted by Gasteiger charge is -2.30. The number of amides is 3. The van der Waals surface area contributed by atoms with E-state index in [4.69, 9.17) is 4.74 Å². The highest BCUT2D eigenvalue weighted by molar-refractivity contribution is 8.14. The van der Waals surface area contributed by atoms with Gasteiger partial charge >= 0.3 is 11.3 Å². The first-order valence-corrected chi connectivity index (χ1v) is 13.1. The van der Waals surface area contributed by atoms with Crippen LogP contribution >= 0.6 is 11.8 Å². The number of hydrogen-bond donors (Lipinski definition) is 0. The molecule has 1 aromatic carbocycles. The van der Waals surface area contributed by atoms with Crippen molar-refractivity contribution in [1.82, 2.24) is 14.9 Å². The predicted octanol–water partition coefficient (Wildman–Crippen LogP) is 4.41. The van der Waals surface area contributed by atoms with Crippen LogP contribution < -0.4 is 4.90 Å². The van der Waals surface area contributed by atoms with Gasteiger partial charge in [0.15, 0.2) is 0 Å². The molecular formula is C26H31N5O4S. The fourth-order valence-corrected chi connectivity index (χ4v) is 5.17. The Hall–Kier alpha value is -3.24. The van der Waals surface area contributed by atoms with Crippen LogP contribution in [0.1, 0.15) is 48.8 Å². The second-order valence-corrected chi connectivity index (χ2v) is 9.88. The average Bonchev–Trinajstić information content (AvgIpc) is 2.90. The Labute approximate surface area is 215 Å². The summed E-state index contributed by atoms with van der Waals surface area (Å²) in [5.74, 6) is -0.132. The lowest BCUT2D eigenvalue weighted by atomic mass is 9.96. The minimum Gasteiger partial charge on any atom is -0.446 e. The molecule has 3 amide bonds. The van der Waals surface area contributed by atoms with Crippen LogP contribution in [0, 0.1) is 0 Å². The van der Waals surface area contributed by atoms with Crippen molar-refractivity contribution in [1.29, 1.82) is 0 Å². The molecule has 2 aliphatic heterocycles. The van der Waals surface area contributed by atoms with Crippen molar-refractivity contribution in [2.75, 3.05) is 37.7 Å². The third kappa shape index (κ3) is 5.60. The van der Waals surface area contributed by atoms with E-state index in [1.54, 1.807) is 29.3 Å². The number of hydrogen-bond acceptors (Lipinski definition) is 8. The van der Waals surface area contributed by atoms with Crippen LogP contribution in [0.5, 0.6) is 0 Å². The second kappa shape index (κ2) is 11.7. The number of benzene rings is 1. The summed E-state index contributed by atoms with van der Waals surface area (Å²) >= 11 is 1.04. The van der Waals surface area contributed by atoms with Gasteiger partial charge in [-0.05, 0) is 68.2 Å². The summed E-state index contributed by atoms with van der Waals surface area (Å²) in [6.45, 7) is 9.09. The zero-order chi connectivity index (χ0) is 25.7. The third-order valence-electron chi connectivity index (χ3n) is 6.37. The second-order valence-electron chi connectivity index (χ2n) is 8.58. The van der Waals surface area contributed by atoms with Crippen LogP contribution in [0.3, 0.4) is 0 Å². The number of carbonyl (C=O) groups excluding carboxylic acids is 3. The van der Waals surface area contributed by atoms with Crippen molar-refractivity contribution < 1.29 is 19.1 Å². The summed E-state index contributed by atoms with van der Waals surface area (Å²) < 4.78 is 5.33. The molecule has 9 nitrogen and oxygen atoms in total. The molecule has 0 bridgehead atoms. The van der Waals surface area contributed by atoms with E-state index in [0.29, 0.717) is 24.5 Å². The highest BCUT2D eigenvalue weighted by Gasteiger charge is 2.34. The van der Waals surface area contributed by atoms with E-state index in [-0.39, 0.29) is 17.8 Å². The number of hydrazone groups is 1. The highest BCUT2D eigenvalue weighted by atomic mass is 32.2. The monoisotopic (exact) mass is 509 g/mol. The Kier molecular flexibility index (Phi) is 8.37. The van der Waals surface area contributed by atoms with Gasteiger partial charge in [0.05, 0.1) is 11.0 Å². The molecule has 0 spiro atoms. The van der Waals surface area contributed by atoms with E-state index < -0.39 is 11.3 Å². The van der Waals surface area contributed by atoms with Gasteiger partial charge in [0.1, 0.15) is 12.3 Å². The maximum atomic E-state index is 13.1. The third-order valence-corrected chi connectivity index (χ3v) is 7.32. The number of thioether (sulfide) groups is 1. The van der Waals surface area contributed by atoms with E-state index in [1.807, 2.05) is 39.0 Å². The Morgan fingerprint density at radius 3 is 2.72 bits per heavy atom. The van der Waals surface area contributed by atoms with Crippen molar-refractivity contribution in [3.63, 3.8) is 0 Å². The molecule has 10 heteroatoms. The van der Waals surface area contributed by atoms with Gasteiger partial charge in [-0.1, -0.05) is 37.7 Å². The van der Waals surface area contributed by atoms with Crippen LogP contribution in [-0.4, -0.2) is 75.9 Å². The minimum absolute atomic E-state index is 0.132. The lowest BCUT2D eigenvalue weighted by Crippen LogP contribution is -2.39. The number of fused-ring (bicyclic) bond motifs is 1. The fourth-order valence-electron chi connectivity index (χ4n) is 4.35. The standard InChI is InChI=1S/C26H31N5O4S/c1-4-29(5-2)15-16-35-25(33)31-26(34)36-18(3)23(28-31)20-11-12-22-19(17-20)9-8-14-30(22)24(32)21-10-6-7-13-27-21/h6-7,10-13,17-18H,4-5,8-9,14-16H2,1-3H3. The molecule has 0 N–H and O–H groups in total. The number of pyridine rings is 1. The van der Waals surface area contributed by atoms with Crippen molar-refractivity contribution >= 4 is 40.4 Å². The van der Waals surface area contributed by atoms with Crippen LogP contribution in [0.4, 0.5) is 15.3 Å². The van der Waals surface area contributed by atoms with Gasteiger partial charge in [0, 0.05) is 25.0 Å². The smallest absolute Gasteiger partial charge is 0.438 e. The number of likely N-dealkylation sites (N-methyl/N-ethyl adjacent to an activating group) is 1. The molecule has 36 heavy (non-hydrogen) atoms. The fraction of sp³-hybridized carbons (Fsp3) is 0.423. The maximum Gasteiger partial charge on any atom is 0.438 e. The van der Waals surface area contributed by atoms with Gasteiger partial charge in [0.25, 0.3) is 5.91 Å². The van der Waals surface area contributed by atoms with Gasteiger partial charge in [0.2, 0.25) is 0 Å². The summed E-state index contributed by atoms with van der Waals surface area (Å²) in [7, 11) is 0. The zero-order valence-electron chi connectivity index (χ0n) is 20.8. The number of rotatable bonds is 7. The topological polar surface area (TPSA) is 95.4 Å². The molecule has 2 aliphatic rings. The van der Waals surface area contributed by atoms with Gasteiger partial charge < -0.3 is 14.5 Å². The Morgan fingerprint density at radius 1 is 1.19 bits per heavy atom. The van der Waals surface area contributed by atoms with Gasteiger partial charge in [-0.3, -0.25) is 14.6 Å². The SMILES string of the molecule is CCN(CC)CCOC(=O)N1N=C(c2ccc3c(c2)CCCN3C(=O)c2ccccn2)C(C)SC1=O. The molecule has 0 radical (unpaired) electrons. The molecule has 190 valence electrons. The summed E-state index contributed by atoms with van der Waals surface area (Å²) in [5, 5.41) is 4.54. The molecule has 4 rings (SSSR count). The molecule has 0 aliphatic carbocycles. The Bertz CT molecular complexity index is 1150. The predicted molar refractivity (Wildman–Crippen MR) is 141 cm³/mol. The number of carbonyl (C=O) groups is 3. The first-order valence-electron chi connectivity index (χ1n) is 12.3. The van der Waals surface area contributed by atoms with Crippen LogP contribution in [0.25, 0.3) is 0 Å². The normalized spacial score (nSPS) is 17.6. The Balaban J connectivity index is 1.54. The van der Waals surface area contributed by atoms with Crippen molar-refractivity contribution in [3.05, 3.63) is 59.4 Å². The zero-order valence-corrected chi connectivity index (χ0v) is 21.7. The molecule has 1 aromatic heterocycles. The maximum absolute atomic E-state index is 13.1. The van der Waals surface area contributed by atoms with Crippen molar-refractivity contribution in [2.24, 2.45) is 5.10 Å². The number of imide groups is 1. The van der Waals surface area contributed by atoms with Crippen molar-refractivity contribution in [3.8, 4) is 0 Å². The van der Waals surface area contributed by atoms with Gasteiger partial charge in [-0.25, -0.2) is 4.79 Å². The molecule has 1 unspecified atom stereocenters. The van der Waals surface area contributed by atoms with Crippen LogP contribution in [0.2, 0.25) is 0 Å². The number of anilines is 1. The summed E-state index contributed by atoms with van der Waals surface area (Å²) in [6.07, 6.45) is 2.49. The molecule has 1 atom stereocenters. The largest absolute Gasteiger partial charge is 0.446 e. The number of ether oxygens (including phenoxy) is 1. The summed E-state index contributed by atoms with van der Waals surface area (Å²) in [4.78, 5) is 46.3. The summed E-state index contributed by atoms with van der Waals surface area (Å²) in [6, 6.07) is 11.1. The average molecular weight is 510 g/mol. The lowest BCUT2D eigenvalue weighted by molar-refractivity contribution is 0.0979. The van der Waals surface area contributed by atoms with Crippen LogP contribution in [0.15, 0.2) is 47.7 Å². The molecule has 2 aromatic rings. The van der Waals surface area contributed by atoms with Crippen LogP contribution in [-0.2, 0) is 11.2 Å². The van der Waals surface area contributed by atoms with E-state index in [1.165, 1.54) is 0 Å². The van der Waals surface area contributed by atoms with E-state index >= 15 is 0 Å². The molecule has 3 heterocycles. The highest BCUT2D eigenvalue weighted by Crippen LogP contribution is 2.32. The number of nitrogens with zero attached hydrogens (tertiary/aromatic N) is 5. The summed E-state index contributed by atoms with van der Waals surface area (Å²) in [5.41, 5.74) is 3.71. The molecule has 0 saturated heterocycles. The minimum atomic E-state index is -0.769. The van der Waals surface area contributed by atoms with E-state index in [9.17, 15) is 14.4 Å². The number of aromatic nitrogens is 1. The molecular weight excluding hydrogens is 478 g/mol. The molecule has 0 fully saturated rings. The quantitative estimate of drug-likeness (QED) is 0.545. The van der Waals surface area contributed by atoms with Gasteiger partial charge in [-0.2, -0.15) is 5.10 Å². The molecule has 0 saturated carbocycles.